The summed E-state index contributed by atoms with van der Waals surface area (Å²) >= 11 is 6.07. The molecule has 0 bridgehead atoms. The number of rotatable bonds is 4. The molecule has 0 fully saturated rings. The van der Waals surface area contributed by atoms with Crippen molar-refractivity contribution in [2.24, 2.45) is 0 Å². The normalized spacial score (nSPS) is 16.4. The van der Waals surface area contributed by atoms with Crippen molar-refractivity contribution in [1.29, 1.82) is 0 Å². The standard InChI is InChI=1S/C20H18ClN3O3/c1-23(2)8-9-24-17(12-4-3-7-22-11-12)16-18(25)14-10-13(21)5-6-15(14)27-19(16)20(24)26/h3-7,10-11,17H,8-9H2,1-2H3/p+1/t17-/m0/s1. The lowest BCUT2D eigenvalue weighted by Crippen LogP contribution is -3.06. The van der Waals surface area contributed by atoms with Crippen LogP contribution >= 0.6 is 11.6 Å². The zero-order chi connectivity index (χ0) is 19.1. The van der Waals surface area contributed by atoms with Crippen LogP contribution < -0.4 is 10.3 Å². The molecule has 3 heterocycles. The monoisotopic (exact) mass is 384 g/mol. The minimum Gasteiger partial charge on any atom is -0.450 e. The number of amides is 1. The van der Waals surface area contributed by atoms with Gasteiger partial charge in [0, 0.05) is 17.4 Å². The van der Waals surface area contributed by atoms with E-state index in [0.29, 0.717) is 28.1 Å². The van der Waals surface area contributed by atoms with Crippen LogP contribution in [-0.4, -0.2) is 43.0 Å². The molecule has 1 N–H and O–H groups in total. The van der Waals surface area contributed by atoms with Gasteiger partial charge < -0.3 is 14.2 Å². The van der Waals surface area contributed by atoms with Gasteiger partial charge in [0.2, 0.25) is 5.76 Å². The summed E-state index contributed by atoms with van der Waals surface area (Å²) in [5.74, 6) is -0.161. The van der Waals surface area contributed by atoms with Gasteiger partial charge in [-0.15, -0.1) is 0 Å². The summed E-state index contributed by atoms with van der Waals surface area (Å²) in [6.45, 7) is 1.25. The van der Waals surface area contributed by atoms with Gasteiger partial charge in [0.1, 0.15) is 5.58 Å². The molecule has 27 heavy (non-hydrogen) atoms. The Bertz CT molecular complexity index is 1080. The highest BCUT2D eigenvalue weighted by Crippen LogP contribution is 2.37. The third kappa shape index (κ3) is 3.01. The van der Waals surface area contributed by atoms with Crippen molar-refractivity contribution < 1.29 is 14.1 Å². The first kappa shape index (κ1) is 17.7. The number of quaternary nitrogens is 1. The van der Waals surface area contributed by atoms with Crippen LogP contribution in [0.3, 0.4) is 0 Å². The summed E-state index contributed by atoms with van der Waals surface area (Å²) in [6.07, 6.45) is 3.35. The first-order chi connectivity index (χ1) is 13.0. The van der Waals surface area contributed by atoms with Crippen LogP contribution in [0.4, 0.5) is 0 Å². The molecule has 1 atom stereocenters. The number of nitrogens with zero attached hydrogens (tertiary/aromatic N) is 2. The van der Waals surface area contributed by atoms with Crippen LogP contribution in [0.1, 0.15) is 27.7 Å². The van der Waals surface area contributed by atoms with Crippen molar-refractivity contribution in [2.75, 3.05) is 27.2 Å². The molecule has 0 saturated carbocycles. The Kier molecular flexibility index (Phi) is 4.45. The van der Waals surface area contributed by atoms with Gasteiger partial charge in [0.15, 0.2) is 5.43 Å². The number of hydrogen-bond donors (Lipinski definition) is 1. The Balaban J connectivity index is 1.95. The number of carbonyl (C=O) groups excluding carboxylic acids is 1. The number of benzene rings is 1. The van der Waals surface area contributed by atoms with Gasteiger partial charge in [-0.05, 0) is 29.8 Å². The molecule has 1 aromatic carbocycles. The summed E-state index contributed by atoms with van der Waals surface area (Å²) in [6, 6.07) is 8.01. The number of halogens is 1. The molecule has 138 valence electrons. The number of hydrogen-bond acceptors (Lipinski definition) is 4. The molecular formula is C20H19ClN3O3+. The smallest absolute Gasteiger partial charge is 0.291 e. The van der Waals surface area contributed by atoms with E-state index in [1.54, 1.807) is 41.6 Å². The number of pyridine rings is 1. The van der Waals surface area contributed by atoms with Crippen LogP contribution in [-0.2, 0) is 0 Å². The van der Waals surface area contributed by atoms with Gasteiger partial charge in [0.05, 0.1) is 44.2 Å². The molecule has 1 aliphatic heterocycles. The summed E-state index contributed by atoms with van der Waals surface area (Å²) in [7, 11) is 4.04. The number of nitrogens with one attached hydrogen (secondary N) is 1. The molecule has 7 heteroatoms. The van der Waals surface area contributed by atoms with E-state index in [2.05, 4.69) is 4.98 Å². The lowest BCUT2D eigenvalue weighted by molar-refractivity contribution is -0.857. The highest BCUT2D eigenvalue weighted by molar-refractivity contribution is 6.31. The predicted molar refractivity (Wildman–Crippen MR) is 102 cm³/mol. The molecule has 0 aliphatic carbocycles. The third-order valence-corrected chi connectivity index (χ3v) is 5.02. The van der Waals surface area contributed by atoms with Gasteiger partial charge in [-0.1, -0.05) is 17.7 Å². The average molecular weight is 385 g/mol. The minimum absolute atomic E-state index is 0.109. The number of aromatic nitrogens is 1. The van der Waals surface area contributed by atoms with Crippen LogP contribution in [0.25, 0.3) is 11.0 Å². The zero-order valence-electron chi connectivity index (χ0n) is 15.0. The van der Waals surface area contributed by atoms with E-state index in [0.717, 1.165) is 12.1 Å². The molecule has 0 radical (unpaired) electrons. The molecule has 0 unspecified atom stereocenters. The molecule has 4 rings (SSSR count). The predicted octanol–water partition coefficient (Wildman–Crippen LogP) is 1.53. The second-order valence-electron chi connectivity index (χ2n) is 6.96. The van der Waals surface area contributed by atoms with Gasteiger partial charge >= 0.3 is 0 Å². The van der Waals surface area contributed by atoms with E-state index in [1.807, 2.05) is 20.2 Å². The maximum Gasteiger partial charge on any atom is 0.291 e. The van der Waals surface area contributed by atoms with E-state index in [-0.39, 0.29) is 17.1 Å². The van der Waals surface area contributed by atoms with Crippen LogP contribution in [0, 0.1) is 0 Å². The molecule has 1 aliphatic rings. The Morgan fingerprint density at radius 1 is 1.26 bits per heavy atom. The second kappa shape index (κ2) is 6.79. The van der Waals surface area contributed by atoms with Gasteiger partial charge in [-0.2, -0.15) is 0 Å². The summed E-state index contributed by atoms with van der Waals surface area (Å²) in [5, 5.41) is 0.827. The van der Waals surface area contributed by atoms with Crippen LogP contribution in [0.5, 0.6) is 0 Å². The number of likely N-dealkylation sites (N-methyl/N-ethyl adjacent to an activating group) is 1. The molecule has 0 saturated heterocycles. The SMILES string of the molecule is C[NH+](C)CCN1C(=O)c2oc3ccc(Cl)cc3c(=O)c2[C@@H]1c1cccnc1. The number of fused-ring (bicyclic) bond motifs is 2. The van der Waals surface area contributed by atoms with Crippen LogP contribution in [0.2, 0.25) is 5.02 Å². The van der Waals surface area contributed by atoms with Crippen molar-refractivity contribution in [3.05, 3.63) is 74.9 Å². The fraction of sp³-hybridized carbons (Fsp3) is 0.250. The van der Waals surface area contributed by atoms with Crippen molar-refractivity contribution in [1.82, 2.24) is 9.88 Å². The maximum absolute atomic E-state index is 13.3. The second-order valence-corrected chi connectivity index (χ2v) is 7.40. The first-order valence-electron chi connectivity index (χ1n) is 8.73. The summed E-state index contributed by atoms with van der Waals surface area (Å²) < 4.78 is 5.86. The molecule has 0 spiro atoms. The first-order valence-corrected chi connectivity index (χ1v) is 9.11. The summed E-state index contributed by atoms with van der Waals surface area (Å²) in [4.78, 5) is 33.4. The third-order valence-electron chi connectivity index (χ3n) is 4.78. The molecule has 2 aromatic heterocycles. The highest BCUT2D eigenvalue weighted by Gasteiger charge is 2.42. The Morgan fingerprint density at radius 3 is 2.78 bits per heavy atom. The molecule has 1 amide bonds. The lowest BCUT2D eigenvalue weighted by Gasteiger charge is -2.25. The topological polar surface area (TPSA) is 67.8 Å². The quantitative estimate of drug-likeness (QED) is 0.740. The Hall–Kier alpha value is -2.70. The number of carbonyl (C=O) groups is 1. The average Bonchev–Trinajstić information content (AvgIpc) is 2.94. The fourth-order valence-corrected chi connectivity index (χ4v) is 3.62. The molecular weight excluding hydrogens is 366 g/mol. The molecule has 6 nitrogen and oxygen atoms in total. The van der Waals surface area contributed by atoms with E-state index in [1.165, 1.54) is 4.90 Å². The highest BCUT2D eigenvalue weighted by atomic mass is 35.5. The lowest BCUT2D eigenvalue weighted by atomic mass is 10.00. The fourth-order valence-electron chi connectivity index (χ4n) is 3.45. The van der Waals surface area contributed by atoms with Gasteiger partial charge in [-0.25, -0.2) is 0 Å². The van der Waals surface area contributed by atoms with Crippen LogP contribution in [0.15, 0.2) is 51.9 Å². The Labute approximate surface area is 161 Å². The van der Waals surface area contributed by atoms with E-state index < -0.39 is 6.04 Å². The molecule has 3 aromatic rings. The van der Waals surface area contributed by atoms with E-state index >= 15 is 0 Å². The van der Waals surface area contributed by atoms with E-state index in [4.69, 9.17) is 16.0 Å². The van der Waals surface area contributed by atoms with Gasteiger partial charge in [-0.3, -0.25) is 14.6 Å². The van der Waals surface area contributed by atoms with Gasteiger partial charge in [0.25, 0.3) is 5.91 Å². The summed E-state index contributed by atoms with van der Waals surface area (Å²) in [5.41, 5.74) is 1.28. The van der Waals surface area contributed by atoms with Crippen molar-refractivity contribution in [2.45, 2.75) is 6.04 Å². The van der Waals surface area contributed by atoms with Crippen molar-refractivity contribution in [3.63, 3.8) is 0 Å². The Morgan fingerprint density at radius 2 is 2.07 bits per heavy atom. The van der Waals surface area contributed by atoms with E-state index in [9.17, 15) is 9.59 Å². The van der Waals surface area contributed by atoms with Crippen molar-refractivity contribution in [3.8, 4) is 0 Å². The maximum atomic E-state index is 13.3. The largest absolute Gasteiger partial charge is 0.450 e. The zero-order valence-corrected chi connectivity index (χ0v) is 15.8. The minimum atomic E-state index is -0.514. The van der Waals surface area contributed by atoms with Crippen molar-refractivity contribution >= 4 is 28.5 Å².